The molecule has 7 heteroatoms. The average molecular weight is 398 g/mol. The monoisotopic (exact) mass is 397 g/mol. The van der Waals surface area contributed by atoms with E-state index in [9.17, 15) is 13.6 Å². The van der Waals surface area contributed by atoms with Gasteiger partial charge in [-0.1, -0.05) is 41.9 Å². The van der Waals surface area contributed by atoms with Crippen LogP contribution >= 0.6 is 11.6 Å². The molecular weight excluding hydrogens is 384 g/mol. The lowest BCUT2D eigenvalue weighted by Crippen LogP contribution is -2.20. The van der Waals surface area contributed by atoms with Crippen LogP contribution in [-0.4, -0.2) is 15.7 Å². The van der Waals surface area contributed by atoms with Crippen molar-refractivity contribution in [2.45, 2.75) is 6.54 Å². The second-order valence-corrected chi connectivity index (χ2v) is 6.64. The van der Waals surface area contributed by atoms with Gasteiger partial charge in [0.25, 0.3) is 0 Å². The van der Waals surface area contributed by atoms with Gasteiger partial charge in [-0.2, -0.15) is 5.10 Å². The predicted octanol–water partition coefficient (Wildman–Crippen LogP) is 5.27. The molecule has 0 fully saturated rings. The van der Waals surface area contributed by atoms with Crippen LogP contribution in [0.15, 0.2) is 66.7 Å². The zero-order valence-corrected chi connectivity index (χ0v) is 15.3. The lowest BCUT2D eigenvalue weighted by molar-refractivity contribution is -0.116. The van der Waals surface area contributed by atoms with Gasteiger partial charge in [-0.25, -0.2) is 8.78 Å². The molecule has 140 valence electrons. The Labute approximate surface area is 164 Å². The van der Waals surface area contributed by atoms with E-state index in [0.29, 0.717) is 16.8 Å². The fourth-order valence-corrected chi connectivity index (χ4v) is 3.17. The molecule has 1 heterocycles. The van der Waals surface area contributed by atoms with Crippen molar-refractivity contribution >= 4 is 34.1 Å². The van der Waals surface area contributed by atoms with E-state index in [1.54, 1.807) is 18.2 Å². The SMILES string of the molecule is O=C(Cn1nc(-c2ccccc2)c2cc(Cl)ccc21)Nc1ccc(F)cc1F. The van der Waals surface area contributed by atoms with E-state index < -0.39 is 17.5 Å². The third kappa shape index (κ3) is 3.59. The first kappa shape index (κ1) is 18.1. The summed E-state index contributed by atoms with van der Waals surface area (Å²) in [6.45, 7) is -0.137. The minimum atomic E-state index is -0.838. The van der Waals surface area contributed by atoms with Crippen LogP contribution in [0.25, 0.3) is 22.2 Å². The number of nitrogens with one attached hydrogen (secondary N) is 1. The van der Waals surface area contributed by atoms with Crippen molar-refractivity contribution in [3.05, 3.63) is 83.4 Å². The average Bonchev–Trinajstić information content (AvgIpc) is 3.02. The van der Waals surface area contributed by atoms with E-state index in [4.69, 9.17) is 11.6 Å². The first-order valence-electron chi connectivity index (χ1n) is 8.47. The summed E-state index contributed by atoms with van der Waals surface area (Å²) in [4.78, 5) is 12.4. The zero-order chi connectivity index (χ0) is 19.7. The molecule has 4 rings (SSSR count). The summed E-state index contributed by atoms with van der Waals surface area (Å²) < 4.78 is 28.3. The number of nitrogens with zero attached hydrogens (tertiary/aromatic N) is 2. The Morgan fingerprint density at radius 3 is 2.57 bits per heavy atom. The van der Waals surface area contributed by atoms with Gasteiger partial charge in [0, 0.05) is 22.0 Å². The minimum absolute atomic E-state index is 0.0887. The van der Waals surface area contributed by atoms with Gasteiger partial charge in [0.2, 0.25) is 5.91 Å². The molecule has 0 aliphatic rings. The summed E-state index contributed by atoms with van der Waals surface area (Å²) >= 11 is 6.14. The number of anilines is 1. The van der Waals surface area contributed by atoms with Gasteiger partial charge in [-0.15, -0.1) is 0 Å². The molecule has 3 aromatic carbocycles. The summed E-state index contributed by atoms with van der Waals surface area (Å²) in [6, 6.07) is 17.8. The molecular formula is C21H14ClF2N3O. The minimum Gasteiger partial charge on any atom is -0.322 e. The van der Waals surface area contributed by atoms with Crippen LogP contribution in [0, 0.1) is 11.6 Å². The molecule has 0 aliphatic heterocycles. The van der Waals surface area contributed by atoms with Gasteiger partial charge in [-0.05, 0) is 30.3 Å². The predicted molar refractivity (Wildman–Crippen MR) is 105 cm³/mol. The van der Waals surface area contributed by atoms with E-state index in [1.807, 2.05) is 30.3 Å². The first-order chi connectivity index (χ1) is 13.5. The number of benzene rings is 3. The highest BCUT2D eigenvalue weighted by Gasteiger charge is 2.16. The van der Waals surface area contributed by atoms with Crippen LogP contribution in [-0.2, 0) is 11.3 Å². The molecule has 0 radical (unpaired) electrons. The number of hydrogen-bond donors (Lipinski definition) is 1. The molecule has 1 amide bonds. The summed E-state index contributed by atoms with van der Waals surface area (Å²) in [5.74, 6) is -2.03. The Morgan fingerprint density at radius 1 is 1.04 bits per heavy atom. The van der Waals surface area contributed by atoms with Gasteiger partial charge in [0.1, 0.15) is 23.9 Å². The molecule has 4 aromatic rings. The van der Waals surface area contributed by atoms with Gasteiger partial charge < -0.3 is 5.32 Å². The largest absolute Gasteiger partial charge is 0.322 e. The summed E-state index contributed by atoms with van der Waals surface area (Å²) in [5.41, 5.74) is 2.21. The van der Waals surface area contributed by atoms with Crippen LogP contribution in [0.5, 0.6) is 0 Å². The molecule has 28 heavy (non-hydrogen) atoms. The third-order valence-electron chi connectivity index (χ3n) is 4.26. The molecule has 0 saturated carbocycles. The maximum Gasteiger partial charge on any atom is 0.246 e. The number of carbonyl (C=O) groups is 1. The van der Waals surface area contributed by atoms with E-state index >= 15 is 0 Å². The Morgan fingerprint density at radius 2 is 1.82 bits per heavy atom. The highest BCUT2D eigenvalue weighted by Crippen LogP contribution is 2.30. The smallest absolute Gasteiger partial charge is 0.246 e. The molecule has 0 saturated heterocycles. The lowest BCUT2D eigenvalue weighted by Gasteiger charge is -2.07. The highest BCUT2D eigenvalue weighted by atomic mass is 35.5. The van der Waals surface area contributed by atoms with E-state index in [2.05, 4.69) is 10.4 Å². The summed E-state index contributed by atoms with van der Waals surface area (Å²) in [7, 11) is 0. The fourth-order valence-electron chi connectivity index (χ4n) is 3.00. The number of rotatable bonds is 4. The Kier molecular flexibility index (Phi) is 4.79. The Bertz CT molecular complexity index is 1180. The Hall–Kier alpha value is -3.25. The van der Waals surface area contributed by atoms with Crippen LogP contribution in [0.4, 0.5) is 14.5 Å². The molecule has 4 nitrogen and oxygen atoms in total. The van der Waals surface area contributed by atoms with Gasteiger partial charge in [0.15, 0.2) is 0 Å². The number of carbonyl (C=O) groups excluding carboxylic acids is 1. The van der Waals surface area contributed by atoms with Gasteiger partial charge >= 0.3 is 0 Å². The maximum absolute atomic E-state index is 13.8. The topological polar surface area (TPSA) is 46.9 Å². The summed E-state index contributed by atoms with van der Waals surface area (Å²) in [6.07, 6.45) is 0. The Balaban J connectivity index is 1.68. The number of fused-ring (bicyclic) bond motifs is 1. The molecule has 0 unspecified atom stereocenters. The first-order valence-corrected chi connectivity index (χ1v) is 8.85. The standard InChI is InChI=1S/C21H14ClF2N3O/c22-14-6-9-19-16(10-14)21(13-4-2-1-3-5-13)26-27(19)12-20(28)25-18-8-7-15(23)11-17(18)24/h1-11H,12H2,(H,25,28). The second-order valence-electron chi connectivity index (χ2n) is 6.21. The molecule has 0 bridgehead atoms. The normalized spacial score (nSPS) is 11.0. The number of hydrogen-bond acceptors (Lipinski definition) is 2. The molecule has 0 spiro atoms. The molecule has 0 aliphatic carbocycles. The third-order valence-corrected chi connectivity index (χ3v) is 4.49. The van der Waals surface area contributed by atoms with Gasteiger partial charge in [-0.3, -0.25) is 9.48 Å². The van der Waals surface area contributed by atoms with Crippen LogP contribution < -0.4 is 5.32 Å². The lowest BCUT2D eigenvalue weighted by atomic mass is 10.1. The quantitative estimate of drug-likeness (QED) is 0.509. The number of halogens is 3. The van der Waals surface area contributed by atoms with Crippen LogP contribution in [0.3, 0.4) is 0 Å². The highest BCUT2D eigenvalue weighted by molar-refractivity contribution is 6.31. The maximum atomic E-state index is 13.8. The van der Waals surface area contributed by atoms with Crippen molar-refractivity contribution in [2.75, 3.05) is 5.32 Å². The van der Waals surface area contributed by atoms with Crippen LogP contribution in [0.2, 0.25) is 5.02 Å². The molecule has 1 aromatic heterocycles. The van der Waals surface area contributed by atoms with Gasteiger partial charge in [0.05, 0.1) is 11.2 Å². The van der Waals surface area contributed by atoms with E-state index in [-0.39, 0.29) is 12.2 Å². The second kappa shape index (κ2) is 7.40. The number of aromatic nitrogens is 2. The van der Waals surface area contributed by atoms with Crippen molar-refractivity contribution in [3.63, 3.8) is 0 Å². The van der Waals surface area contributed by atoms with Crippen molar-refractivity contribution in [2.24, 2.45) is 0 Å². The van der Waals surface area contributed by atoms with Crippen molar-refractivity contribution in [3.8, 4) is 11.3 Å². The van der Waals surface area contributed by atoms with E-state index in [1.165, 1.54) is 10.7 Å². The van der Waals surface area contributed by atoms with Crippen LogP contribution in [0.1, 0.15) is 0 Å². The number of amides is 1. The summed E-state index contributed by atoms with van der Waals surface area (Å²) in [5, 5.41) is 8.37. The van der Waals surface area contributed by atoms with Crippen molar-refractivity contribution in [1.29, 1.82) is 0 Å². The van der Waals surface area contributed by atoms with Crippen molar-refractivity contribution in [1.82, 2.24) is 9.78 Å². The van der Waals surface area contributed by atoms with Crippen molar-refractivity contribution < 1.29 is 13.6 Å². The molecule has 1 N–H and O–H groups in total. The molecule has 0 atom stereocenters. The fraction of sp³-hybridized carbons (Fsp3) is 0.0476. The van der Waals surface area contributed by atoms with E-state index in [0.717, 1.165) is 22.5 Å². The zero-order valence-electron chi connectivity index (χ0n) is 14.5.